The lowest BCUT2D eigenvalue weighted by Crippen LogP contribution is -2.29. The van der Waals surface area contributed by atoms with E-state index in [4.69, 9.17) is 5.11 Å². The summed E-state index contributed by atoms with van der Waals surface area (Å²) in [6, 6.07) is 7.47. The molecule has 0 atom stereocenters. The molecule has 0 spiro atoms. The lowest BCUT2D eigenvalue weighted by Gasteiger charge is -2.17. The molecule has 5 nitrogen and oxygen atoms in total. The second-order valence-corrected chi connectivity index (χ2v) is 7.94. The largest absolute Gasteiger partial charge is 0.480 e. The van der Waals surface area contributed by atoms with Crippen LogP contribution in [0.4, 0.5) is 18.9 Å². The van der Waals surface area contributed by atoms with Crippen LogP contribution in [-0.4, -0.2) is 29.6 Å². The third kappa shape index (κ3) is 5.12. The predicted octanol–water partition coefficient (Wildman–Crippen LogP) is 5.11. The van der Waals surface area contributed by atoms with Crippen LogP contribution in [0.3, 0.4) is 0 Å². The third-order valence-electron chi connectivity index (χ3n) is 5.68. The summed E-state index contributed by atoms with van der Waals surface area (Å²) in [6.07, 6.45) is 5.19. The zero-order valence-corrected chi connectivity index (χ0v) is 17.9. The molecule has 1 amide bonds. The number of benzene rings is 2. The number of hydrogen-bond donors (Lipinski definition) is 3. The quantitative estimate of drug-likeness (QED) is 0.516. The number of carbonyl (C=O) groups is 2. The second kappa shape index (κ2) is 9.89. The number of anilines is 1. The lowest BCUT2D eigenvalue weighted by molar-refractivity contribution is -0.137. The molecule has 0 unspecified atom stereocenters. The van der Waals surface area contributed by atoms with Crippen LogP contribution in [0.25, 0.3) is 17.2 Å². The average molecular weight is 446 g/mol. The molecule has 1 saturated carbocycles. The Morgan fingerprint density at radius 1 is 1.06 bits per heavy atom. The normalized spacial score (nSPS) is 14.5. The fraction of sp³-hybridized carbons (Fsp3) is 0.333. The Balaban J connectivity index is 1.90. The maximum atomic E-state index is 15.2. The van der Waals surface area contributed by atoms with Gasteiger partial charge < -0.3 is 15.7 Å². The Hall–Kier alpha value is -3.29. The molecule has 0 aromatic heterocycles. The van der Waals surface area contributed by atoms with Crippen LogP contribution >= 0.6 is 0 Å². The molecule has 1 aliphatic carbocycles. The zero-order chi connectivity index (χ0) is 23.4. The van der Waals surface area contributed by atoms with Gasteiger partial charge in [0.15, 0.2) is 5.83 Å². The molecule has 2 aromatic rings. The van der Waals surface area contributed by atoms with Gasteiger partial charge in [-0.15, -0.1) is 0 Å². The fourth-order valence-electron chi connectivity index (χ4n) is 3.93. The van der Waals surface area contributed by atoms with Crippen LogP contribution in [0.2, 0.25) is 0 Å². The van der Waals surface area contributed by atoms with E-state index in [1.807, 2.05) is 17.4 Å². The molecule has 8 heteroatoms. The van der Waals surface area contributed by atoms with Crippen molar-refractivity contribution < 1.29 is 27.9 Å². The van der Waals surface area contributed by atoms with Gasteiger partial charge >= 0.3 is 5.97 Å². The molecular formula is C24H25F3N2O3. The molecule has 0 radical (unpaired) electrons. The van der Waals surface area contributed by atoms with Crippen molar-refractivity contribution in [2.75, 3.05) is 11.9 Å². The highest BCUT2D eigenvalue weighted by Crippen LogP contribution is 2.35. The molecule has 3 rings (SSSR count). The lowest BCUT2D eigenvalue weighted by atomic mass is 9.92. The highest BCUT2D eigenvalue weighted by atomic mass is 19.1. The predicted molar refractivity (Wildman–Crippen MR) is 117 cm³/mol. The summed E-state index contributed by atoms with van der Waals surface area (Å²) in [5.41, 5.74) is 0.887. The number of hydrogen-bond acceptors (Lipinski definition) is 3. The highest BCUT2D eigenvalue weighted by molar-refractivity contribution is 5.97. The van der Waals surface area contributed by atoms with Crippen molar-refractivity contribution in [3.63, 3.8) is 0 Å². The van der Waals surface area contributed by atoms with Gasteiger partial charge in [-0.3, -0.25) is 9.59 Å². The summed E-state index contributed by atoms with van der Waals surface area (Å²) < 4.78 is 44.4. The zero-order valence-electron chi connectivity index (χ0n) is 17.9. The fourth-order valence-corrected chi connectivity index (χ4v) is 3.93. The summed E-state index contributed by atoms with van der Waals surface area (Å²) in [4.78, 5) is 22.1. The van der Waals surface area contributed by atoms with Crippen LogP contribution in [-0.2, 0) is 9.59 Å². The highest BCUT2D eigenvalue weighted by Gasteiger charge is 2.22. The van der Waals surface area contributed by atoms with E-state index in [1.165, 1.54) is 26.7 Å². The van der Waals surface area contributed by atoms with Crippen molar-refractivity contribution in [1.29, 1.82) is 0 Å². The molecule has 0 saturated heterocycles. The van der Waals surface area contributed by atoms with Gasteiger partial charge in [0.25, 0.3) is 5.91 Å². The first-order valence-electron chi connectivity index (χ1n) is 10.4. The maximum absolute atomic E-state index is 15.2. The van der Waals surface area contributed by atoms with E-state index in [9.17, 15) is 14.0 Å². The summed E-state index contributed by atoms with van der Waals surface area (Å²) in [6.45, 7) is 1.89. The van der Waals surface area contributed by atoms with Gasteiger partial charge in [0.05, 0.1) is 0 Å². The first kappa shape index (κ1) is 23.4. The summed E-state index contributed by atoms with van der Waals surface area (Å²) in [7, 11) is 0. The molecule has 0 heterocycles. The van der Waals surface area contributed by atoms with Crippen molar-refractivity contribution in [3.05, 3.63) is 58.4 Å². The van der Waals surface area contributed by atoms with Gasteiger partial charge in [-0.25, -0.2) is 13.2 Å². The van der Waals surface area contributed by atoms with E-state index in [2.05, 4.69) is 5.32 Å². The topological polar surface area (TPSA) is 78.4 Å². The first-order valence-corrected chi connectivity index (χ1v) is 10.4. The Labute approximate surface area is 184 Å². The Morgan fingerprint density at radius 3 is 2.28 bits per heavy atom. The number of amides is 1. The molecule has 1 fully saturated rings. The molecule has 0 bridgehead atoms. The summed E-state index contributed by atoms with van der Waals surface area (Å²) >= 11 is 0. The molecule has 32 heavy (non-hydrogen) atoms. The van der Waals surface area contributed by atoms with Crippen LogP contribution in [0.5, 0.6) is 0 Å². The van der Waals surface area contributed by atoms with Gasteiger partial charge in [0.2, 0.25) is 0 Å². The van der Waals surface area contributed by atoms with E-state index >= 15 is 8.78 Å². The van der Waals surface area contributed by atoms with E-state index in [0.717, 1.165) is 18.5 Å². The van der Waals surface area contributed by atoms with Crippen LogP contribution in [0.1, 0.15) is 42.4 Å². The van der Waals surface area contributed by atoms with Crippen molar-refractivity contribution in [1.82, 2.24) is 5.32 Å². The Morgan fingerprint density at radius 2 is 1.69 bits per heavy atom. The van der Waals surface area contributed by atoms with Crippen LogP contribution < -0.4 is 10.6 Å². The minimum absolute atomic E-state index is 0.0189. The van der Waals surface area contributed by atoms with E-state index in [0.29, 0.717) is 17.7 Å². The summed E-state index contributed by atoms with van der Waals surface area (Å²) in [5, 5.41) is 13.8. The van der Waals surface area contributed by atoms with Gasteiger partial charge in [0, 0.05) is 22.9 Å². The molecule has 0 aliphatic heterocycles. The number of halogens is 3. The van der Waals surface area contributed by atoms with E-state index in [1.54, 1.807) is 12.1 Å². The van der Waals surface area contributed by atoms with Crippen molar-refractivity contribution in [2.45, 2.75) is 45.6 Å². The number of aliphatic carboxylic acids is 1. The number of carboxylic acid groups (broad SMARTS) is 1. The monoisotopic (exact) mass is 446 g/mol. The average Bonchev–Trinajstić information content (AvgIpc) is 3.27. The number of carbonyl (C=O) groups excluding carboxylic acids is 1. The van der Waals surface area contributed by atoms with Crippen molar-refractivity contribution >= 4 is 23.6 Å². The number of carboxylic acids is 1. The molecule has 2 aromatic carbocycles. The van der Waals surface area contributed by atoms with Crippen molar-refractivity contribution in [3.8, 4) is 11.1 Å². The van der Waals surface area contributed by atoms with Gasteiger partial charge in [-0.2, -0.15) is 0 Å². The SMILES string of the molecule is Cc1c(F)c(-c2ccc(NC3CCCC3)cc2)c(C)c(F)c1/C=C(\F)C(=O)NCC(=O)O. The van der Waals surface area contributed by atoms with Gasteiger partial charge in [0.1, 0.15) is 18.2 Å². The van der Waals surface area contributed by atoms with E-state index < -0.39 is 41.4 Å². The first-order chi connectivity index (χ1) is 15.2. The third-order valence-corrected chi connectivity index (χ3v) is 5.68. The van der Waals surface area contributed by atoms with Gasteiger partial charge in [-0.1, -0.05) is 25.0 Å². The van der Waals surface area contributed by atoms with Crippen molar-refractivity contribution in [2.24, 2.45) is 0 Å². The second-order valence-electron chi connectivity index (χ2n) is 7.94. The molecule has 170 valence electrons. The number of rotatable bonds is 7. The Bertz CT molecular complexity index is 1030. The smallest absolute Gasteiger partial charge is 0.322 e. The standard InChI is InChI=1S/C24H25F3N2O3/c1-13-18(11-19(25)24(32)28-12-20(30)31)22(26)14(2)21(23(13)27)15-7-9-17(10-8-15)29-16-5-3-4-6-16/h7-11,16,29H,3-6,12H2,1-2H3,(H,28,32)(H,30,31)/b19-11-. The number of nitrogens with one attached hydrogen (secondary N) is 2. The molecule has 1 aliphatic rings. The maximum Gasteiger partial charge on any atom is 0.322 e. The minimum atomic E-state index is -1.41. The summed E-state index contributed by atoms with van der Waals surface area (Å²) in [5.74, 6) is -5.66. The molecule has 3 N–H and O–H groups in total. The van der Waals surface area contributed by atoms with E-state index in [-0.39, 0.29) is 16.7 Å². The van der Waals surface area contributed by atoms with Crippen LogP contribution in [0.15, 0.2) is 30.1 Å². The molecular weight excluding hydrogens is 421 g/mol. The Kier molecular flexibility index (Phi) is 7.22. The van der Waals surface area contributed by atoms with Crippen LogP contribution in [0, 0.1) is 25.5 Å². The van der Waals surface area contributed by atoms with Gasteiger partial charge in [-0.05, 0) is 61.6 Å². The minimum Gasteiger partial charge on any atom is -0.480 e.